The van der Waals surface area contributed by atoms with Crippen molar-refractivity contribution in [1.82, 2.24) is 0 Å². The minimum atomic E-state index is -1.21. The molecule has 0 atom stereocenters. The van der Waals surface area contributed by atoms with Gasteiger partial charge in [-0.3, -0.25) is 4.79 Å². The van der Waals surface area contributed by atoms with Gasteiger partial charge in [0, 0.05) is 10.6 Å². The number of amides is 1. The van der Waals surface area contributed by atoms with E-state index in [0.29, 0.717) is 10.8 Å². The number of carboxylic acids is 1. The summed E-state index contributed by atoms with van der Waals surface area (Å²) in [6.07, 6.45) is 0. The lowest BCUT2D eigenvalue weighted by atomic mass is 10.1. The summed E-state index contributed by atoms with van der Waals surface area (Å²) < 4.78 is 5.47. The molecule has 0 fully saturated rings. The van der Waals surface area contributed by atoms with Crippen LogP contribution in [0.1, 0.15) is 20.7 Å². The zero-order chi connectivity index (χ0) is 14.7. The second-order valence-corrected chi connectivity index (χ2v) is 4.37. The molecule has 0 radical (unpaired) electrons. The standard InChI is InChI=1S/C14H10ClNO4/c15-9-2-4-10(5-3-9)20-12-6-1-8(13(16)17)7-11(12)14(18)19/h1-7H,(H2,16,17)(H,18,19). The van der Waals surface area contributed by atoms with Crippen LogP contribution in [0.15, 0.2) is 42.5 Å². The van der Waals surface area contributed by atoms with Crippen molar-refractivity contribution in [3.8, 4) is 11.5 Å². The van der Waals surface area contributed by atoms with Crippen molar-refractivity contribution in [2.45, 2.75) is 0 Å². The summed E-state index contributed by atoms with van der Waals surface area (Å²) in [4.78, 5) is 22.2. The average Bonchev–Trinajstić information content (AvgIpc) is 2.41. The molecule has 6 heteroatoms. The predicted molar refractivity (Wildman–Crippen MR) is 73.4 cm³/mol. The second-order valence-electron chi connectivity index (χ2n) is 3.94. The molecule has 0 aromatic heterocycles. The highest BCUT2D eigenvalue weighted by molar-refractivity contribution is 6.30. The summed E-state index contributed by atoms with van der Waals surface area (Å²) in [6.45, 7) is 0. The van der Waals surface area contributed by atoms with Gasteiger partial charge in [-0.2, -0.15) is 0 Å². The van der Waals surface area contributed by atoms with Crippen molar-refractivity contribution < 1.29 is 19.4 Å². The number of ether oxygens (including phenoxy) is 1. The Bertz CT molecular complexity index is 667. The van der Waals surface area contributed by atoms with Crippen LogP contribution in [0, 0.1) is 0 Å². The summed E-state index contributed by atoms with van der Waals surface area (Å²) in [7, 11) is 0. The molecule has 20 heavy (non-hydrogen) atoms. The zero-order valence-electron chi connectivity index (χ0n) is 10.2. The molecule has 0 saturated heterocycles. The van der Waals surface area contributed by atoms with Crippen molar-refractivity contribution in [2.24, 2.45) is 5.73 Å². The Balaban J connectivity index is 2.38. The third-order valence-corrected chi connectivity index (χ3v) is 2.79. The lowest BCUT2D eigenvalue weighted by Gasteiger charge is -2.09. The molecule has 3 N–H and O–H groups in total. The fraction of sp³-hybridized carbons (Fsp3) is 0. The summed E-state index contributed by atoms with van der Waals surface area (Å²) in [5.41, 5.74) is 5.08. The van der Waals surface area contributed by atoms with Crippen molar-refractivity contribution in [2.75, 3.05) is 0 Å². The van der Waals surface area contributed by atoms with Crippen LogP contribution in [-0.4, -0.2) is 17.0 Å². The van der Waals surface area contributed by atoms with E-state index in [9.17, 15) is 9.59 Å². The van der Waals surface area contributed by atoms with Crippen molar-refractivity contribution in [1.29, 1.82) is 0 Å². The highest BCUT2D eigenvalue weighted by Crippen LogP contribution is 2.27. The van der Waals surface area contributed by atoms with E-state index in [1.54, 1.807) is 24.3 Å². The number of hydrogen-bond acceptors (Lipinski definition) is 3. The lowest BCUT2D eigenvalue weighted by Crippen LogP contribution is -2.12. The van der Waals surface area contributed by atoms with Gasteiger partial charge in [0.2, 0.25) is 5.91 Å². The van der Waals surface area contributed by atoms with E-state index in [4.69, 9.17) is 27.2 Å². The van der Waals surface area contributed by atoms with E-state index in [-0.39, 0.29) is 16.9 Å². The van der Waals surface area contributed by atoms with Gasteiger partial charge in [-0.1, -0.05) is 11.6 Å². The van der Waals surface area contributed by atoms with Gasteiger partial charge in [0.25, 0.3) is 0 Å². The van der Waals surface area contributed by atoms with Crippen LogP contribution >= 0.6 is 11.6 Å². The van der Waals surface area contributed by atoms with Crippen LogP contribution < -0.4 is 10.5 Å². The van der Waals surface area contributed by atoms with Gasteiger partial charge in [-0.15, -0.1) is 0 Å². The number of aromatic carboxylic acids is 1. The van der Waals surface area contributed by atoms with Crippen LogP contribution in [0.4, 0.5) is 0 Å². The first kappa shape index (κ1) is 13.9. The first-order valence-electron chi connectivity index (χ1n) is 5.58. The molecule has 2 aromatic rings. The fourth-order valence-electron chi connectivity index (χ4n) is 1.57. The third-order valence-electron chi connectivity index (χ3n) is 2.54. The average molecular weight is 292 g/mol. The Morgan fingerprint density at radius 1 is 1.10 bits per heavy atom. The predicted octanol–water partition coefficient (Wildman–Crippen LogP) is 2.93. The number of hydrogen-bond donors (Lipinski definition) is 2. The van der Waals surface area contributed by atoms with Gasteiger partial charge in [0.05, 0.1) is 0 Å². The highest BCUT2D eigenvalue weighted by Gasteiger charge is 2.15. The van der Waals surface area contributed by atoms with Gasteiger partial charge < -0.3 is 15.6 Å². The molecule has 5 nitrogen and oxygen atoms in total. The van der Waals surface area contributed by atoms with Crippen molar-refractivity contribution in [3.63, 3.8) is 0 Å². The molecular weight excluding hydrogens is 282 g/mol. The molecule has 0 aliphatic rings. The van der Waals surface area contributed by atoms with Crippen molar-refractivity contribution in [3.05, 3.63) is 58.6 Å². The largest absolute Gasteiger partial charge is 0.478 e. The summed E-state index contributed by atoms with van der Waals surface area (Å²) in [5.74, 6) is -1.36. The monoisotopic (exact) mass is 291 g/mol. The Kier molecular flexibility index (Phi) is 3.91. The van der Waals surface area contributed by atoms with Gasteiger partial charge in [-0.05, 0) is 42.5 Å². The molecule has 2 aromatic carbocycles. The molecule has 0 heterocycles. The van der Waals surface area contributed by atoms with Crippen LogP contribution in [-0.2, 0) is 0 Å². The van der Waals surface area contributed by atoms with Gasteiger partial charge in [-0.25, -0.2) is 4.79 Å². The van der Waals surface area contributed by atoms with Gasteiger partial charge in [0.15, 0.2) is 0 Å². The van der Waals surface area contributed by atoms with Crippen LogP contribution in [0.3, 0.4) is 0 Å². The molecule has 102 valence electrons. The van der Waals surface area contributed by atoms with E-state index in [1.165, 1.54) is 18.2 Å². The molecule has 0 unspecified atom stereocenters. The number of rotatable bonds is 4. The van der Waals surface area contributed by atoms with E-state index < -0.39 is 11.9 Å². The van der Waals surface area contributed by atoms with E-state index in [1.807, 2.05) is 0 Å². The number of carboxylic acid groups (broad SMARTS) is 1. The Morgan fingerprint density at radius 3 is 2.30 bits per heavy atom. The number of carbonyl (C=O) groups is 2. The number of primary amides is 1. The molecule has 0 aliphatic heterocycles. The number of nitrogens with two attached hydrogens (primary N) is 1. The normalized spacial score (nSPS) is 10.1. The molecular formula is C14H10ClNO4. The van der Waals surface area contributed by atoms with Crippen LogP contribution in [0.2, 0.25) is 5.02 Å². The minimum Gasteiger partial charge on any atom is -0.478 e. The first-order chi connectivity index (χ1) is 9.47. The van der Waals surface area contributed by atoms with E-state index >= 15 is 0 Å². The third kappa shape index (κ3) is 3.07. The van der Waals surface area contributed by atoms with E-state index in [0.717, 1.165) is 0 Å². The Morgan fingerprint density at radius 2 is 1.75 bits per heavy atom. The number of benzene rings is 2. The molecule has 2 rings (SSSR count). The topological polar surface area (TPSA) is 89.6 Å². The smallest absolute Gasteiger partial charge is 0.339 e. The van der Waals surface area contributed by atoms with E-state index in [2.05, 4.69) is 0 Å². The van der Waals surface area contributed by atoms with Crippen LogP contribution in [0.25, 0.3) is 0 Å². The molecule has 1 amide bonds. The molecule has 0 aliphatic carbocycles. The highest BCUT2D eigenvalue weighted by atomic mass is 35.5. The van der Waals surface area contributed by atoms with Gasteiger partial charge in [0.1, 0.15) is 17.1 Å². The quantitative estimate of drug-likeness (QED) is 0.906. The zero-order valence-corrected chi connectivity index (χ0v) is 10.9. The second kappa shape index (κ2) is 5.63. The minimum absolute atomic E-state index is 0.103. The van der Waals surface area contributed by atoms with Crippen LogP contribution in [0.5, 0.6) is 11.5 Å². The summed E-state index contributed by atoms with van der Waals surface area (Å²) in [5, 5.41) is 9.68. The fourth-order valence-corrected chi connectivity index (χ4v) is 1.69. The maximum absolute atomic E-state index is 11.2. The lowest BCUT2D eigenvalue weighted by molar-refractivity contribution is 0.0694. The maximum Gasteiger partial charge on any atom is 0.339 e. The summed E-state index contributed by atoms with van der Waals surface area (Å²) >= 11 is 5.75. The first-order valence-corrected chi connectivity index (χ1v) is 5.96. The Hall–Kier alpha value is -2.53. The molecule has 0 spiro atoms. The number of carbonyl (C=O) groups excluding carboxylic acids is 1. The number of halogens is 1. The SMILES string of the molecule is NC(=O)c1ccc(Oc2ccc(Cl)cc2)c(C(=O)O)c1. The van der Waals surface area contributed by atoms with Crippen molar-refractivity contribution >= 4 is 23.5 Å². The maximum atomic E-state index is 11.2. The summed E-state index contributed by atoms with van der Waals surface area (Å²) in [6, 6.07) is 10.4. The van der Waals surface area contributed by atoms with Gasteiger partial charge >= 0.3 is 5.97 Å². The Labute approximate surface area is 119 Å². The molecule has 0 saturated carbocycles. The molecule has 0 bridgehead atoms.